The molecule has 2 nitrogen and oxygen atoms in total. The summed E-state index contributed by atoms with van der Waals surface area (Å²) in [7, 11) is 2.04. The van der Waals surface area contributed by atoms with E-state index < -0.39 is 0 Å². The highest BCUT2D eigenvalue weighted by Gasteiger charge is 2.15. The van der Waals surface area contributed by atoms with Gasteiger partial charge in [-0.2, -0.15) is 0 Å². The van der Waals surface area contributed by atoms with Crippen LogP contribution in [0.5, 0.6) is 0 Å². The summed E-state index contributed by atoms with van der Waals surface area (Å²) in [6, 6.07) is 0.793. The van der Waals surface area contributed by atoms with Crippen molar-refractivity contribution >= 4 is 0 Å². The first kappa shape index (κ1) is 16.9. The van der Waals surface area contributed by atoms with Crippen molar-refractivity contribution in [1.29, 1.82) is 0 Å². The molecule has 0 saturated heterocycles. The van der Waals surface area contributed by atoms with Crippen molar-refractivity contribution in [1.82, 2.24) is 10.2 Å². The molecule has 0 aliphatic rings. The lowest BCUT2D eigenvalue weighted by atomic mass is 10.1. The monoisotopic (exact) mass is 242 g/mol. The van der Waals surface area contributed by atoms with E-state index >= 15 is 0 Å². The van der Waals surface area contributed by atoms with E-state index in [1.165, 1.54) is 45.2 Å². The number of unbranched alkanes of at least 4 members (excludes halogenated alkanes) is 2. The molecule has 0 aromatic rings. The molecule has 104 valence electrons. The van der Waals surface area contributed by atoms with Gasteiger partial charge in [0.25, 0.3) is 0 Å². The van der Waals surface area contributed by atoms with Gasteiger partial charge in [0.15, 0.2) is 0 Å². The third kappa shape index (κ3) is 8.62. The van der Waals surface area contributed by atoms with E-state index in [9.17, 15) is 0 Å². The fourth-order valence-corrected chi connectivity index (χ4v) is 2.49. The smallest absolute Gasteiger partial charge is 0.00901 e. The molecule has 0 saturated carbocycles. The van der Waals surface area contributed by atoms with Crippen molar-refractivity contribution in [3.8, 4) is 0 Å². The number of hydrogen-bond donors (Lipinski definition) is 1. The first-order chi connectivity index (χ1) is 8.15. The van der Waals surface area contributed by atoms with Crippen molar-refractivity contribution in [2.75, 3.05) is 26.7 Å². The summed E-state index contributed by atoms with van der Waals surface area (Å²) in [5, 5.41) is 3.22. The van der Waals surface area contributed by atoms with Crippen LogP contribution in [0.15, 0.2) is 0 Å². The predicted molar refractivity (Wildman–Crippen MR) is 78.6 cm³/mol. The summed E-state index contributed by atoms with van der Waals surface area (Å²) in [6.07, 6.45) is 6.61. The van der Waals surface area contributed by atoms with Gasteiger partial charge in [0.2, 0.25) is 0 Å². The maximum atomic E-state index is 3.22. The summed E-state index contributed by atoms with van der Waals surface area (Å²) in [5.41, 5.74) is 0. The third-order valence-electron chi connectivity index (χ3n) is 3.43. The first-order valence-corrected chi connectivity index (χ1v) is 7.54. The zero-order valence-electron chi connectivity index (χ0n) is 12.8. The molecule has 0 radical (unpaired) electrons. The molecule has 1 N–H and O–H groups in total. The Hall–Kier alpha value is -0.0800. The van der Waals surface area contributed by atoms with Gasteiger partial charge in [0, 0.05) is 12.6 Å². The van der Waals surface area contributed by atoms with E-state index in [2.05, 4.69) is 37.9 Å². The zero-order valence-corrected chi connectivity index (χ0v) is 12.8. The van der Waals surface area contributed by atoms with Crippen LogP contribution in [0.4, 0.5) is 0 Å². The van der Waals surface area contributed by atoms with Crippen LogP contribution in [0, 0.1) is 5.92 Å². The van der Waals surface area contributed by atoms with E-state index in [0.717, 1.165) is 18.5 Å². The fourth-order valence-electron chi connectivity index (χ4n) is 2.49. The summed E-state index contributed by atoms with van der Waals surface area (Å²) in [6.45, 7) is 13.0. The van der Waals surface area contributed by atoms with Gasteiger partial charge in [-0.05, 0) is 51.7 Å². The van der Waals surface area contributed by atoms with Gasteiger partial charge in [-0.3, -0.25) is 0 Å². The van der Waals surface area contributed by atoms with E-state index in [-0.39, 0.29) is 0 Å². The van der Waals surface area contributed by atoms with Gasteiger partial charge in [-0.15, -0.1) is 0 Å². The van der Waals surface area contributed by atoms with E-state index in [1.54, 1.807) is 0 Å². The van der Waals surface area contributed by atoms with Gasteiger partial charge >= 0.3 is 0 Å². The highest BCUT2D eigenvalue weighted by Crippen LogP contribution is 2.12. The van der Waals surface area contributed by atoms with Crippen molar-refractivity contribution in [3.05, 3.63) is 0 Å². The van der Waals surface area contributed by atoms with Gasteiger partial charge in [0.05, 0.1) is 0 Å². The lowest BCUT2D eigenvalue weighted by molar-refractivity contribution is 0.162. The second-order valence-corrected chi connectivity index (χ2v) is 5.52. The minimum Gasteiger partial charge on any atom is -0.320 e. The quantitative estimate of drug-likeness (QED) is 0.558. The molecule has 0 aromatic heterocycles. The summed E-state index contributed by atoms with van der Waals surface area (Å²) in [4.78, 5) is 2.71. The minimum absolute atomic E-state index is 0.785. The Kier molecular flexibility index (Phi) is 11.0. The molecule has 0 amide bonds. The largest absolute Gasteiger partial charge is 0.320 e. The van der Waals surface area contributed by atoms with Crippen molar-refractivity contribution < 1.29 is 0 Å². The van der Waals surface area contributed by atoms with Crippen LogP contribution in [0.1, 0.15) is 59.8 Å². The molecule has 0 aliphatic carbocycles. The minimum atomic E-state index is 0.785. The molecule has 0 heterocycles. The molecule has 0 aromatic carbocycles. The molecule has 0 fully saturated rings. The molecule has 0 unspecified atom stereocenters. The van der Waals surface area contributed by atoms with E-state index in [0.29, 0.717) is 0 Å². The number of nitrogens with one attached hydrogen (secondary N) is 1. The standard InChI is InChI=1S/C15H34N2/c1-6-15(7-2)17(13-14(3)4)12-10-8-9-11-16-5/h14-16H,6-13H2,1-5H3. The zero-order chi connectivity index (χ0) is 13.1. The number of hydrogen-bond acceptors (Lipinski definition) is 2. The van der Waals surface area contributed by atoms with E-state index in [4.69, 9.17) is 0 Å². The van der Waals surface area contributed by atoms with Gasteiger partial charge < -0.3 is 10.2 Å². The van der Waals surface area contributed by atoms with Crippen LogP contribution < -0.4 is 5.32 Å². The molecular weight excluding hydrogens is 208 g/mol. The second-order valence-electron chi connectivity index (χ2n) is 5.52. The van der Waals surface area contributed by atoms with Gasteiger partial charge in [-0.25, -0.2) is 0 Å². The molecule has 0 atom stereocenters. The highest BCUT2D eigenvalue weighted by atomic mass is 15.1. The first-order valence-electron chi connectivity index (χ1n) is 7.54. The van der Waals surface area contributed by atoms with Gasteiger partial charge in [0.1, 0.15) is 0 Å². The van der Waals surface area contributed by atoms with Crippen LogP contribution in [-0.2, 0) is 0 Å². The SMILES string of the molecule is CCC(CC)N(CCCCCNC)CC(C)C. The van der Waals surface area contributed by atoms with Crippen LogP contribution >= 0.6 is 0 Å². The Morgan fingerprint density at radius 2 is 1.65 bits per heavy atom. The van der Waals surface area contributed by atoms with Crippen molar-refractivity contribution in [2.45, 2.75) is 65.8 Å². The Morgan fingerprint density at radius 3 is 2.12 bits per heavy atom. The molecule has 0 spiro atoms. The Morgan fingerprint density at radius 1 is 1.00 bits per heavy atom. The lowest BCUT2D eigenvalue weighted by Gasteiger charge is -2.32. The normalized spacial score (nSPS) is 12.0. The Labute approximate surface area is 109 Å². The topological polar surface area (TPSA) is 15.3 Å². The maximum absolute atomic E-state index is 3.22. The predicted octanol–water partition coefficient (Wildman–Crippen LogP) is 3.52. The van der Waals surface area contributed by atoms with Crippen LogP contribution in [0.2, 0.25) is 0 Å². The van der Waals surface area contributed by atoms with Gasteiger partial charge in [-0.1, -0.05) is 34.1 Å². The average molecular weight is 242 g/mol. The second kappa shape index (κ2) is 11.0. The molecule has 0 bridgehead atoms. The molecule has 17 heavy (non-hydrogen) atoms. The van der Waals surface area contributed by atoms with Crippen molar-refractivity contribution in [2.24, 2.45) is 5.92 Å². The number of rotatable bonds is 11. The van der Waals surface area contributed by atoms with E-state index in [1.807, 2.05) is 7.05 Å². The van der Waals surface area contributed by atoms with Crippen molar-refractivity contribution in [3.63, 3.8) is 0 Å². The van der Waals surface area contributed by atoms with Crippen LogP contribution in [0.25, 0.3) is 0 Å². The summed E-state index contributed by atoms with van der Waals surface area (Å²) in [5.74, 6) is 0.785. The number of nitrogens with zero attached hydrogens (tertiary/aromatic N) is 1. The average Bonchev–Trinajstić information content (AvgIpc) is 2.29. The van der Waals surface area contributed by atoms with Crippen LogP contribution in [0.3, 0.4) is 0 Å². The summed E-state index contributed by atoms with van der Waals surface area (Å²) >= 11 is 0. The van der Waals surface area contributed by atoms with Crippen LogP contribution in [-0.4, -0.2) is 37.6 Å². The molecular formula is C15H34N2. The Balaban J connectivity index is 3.92. The third-order valence-corrected chi connectivity index (χ3v) is 3.43. The molecule has 2 heteroatoms. The Bertz CT molecular complexity index is 153. The lowest BCUT2D eigenvalue weighted by Crippen LogP contribution is -2.38. The highest BCUT2D eigenvalue weighted by molar-refractivity contribution is 4.70. The fraction of sp³-hybridized carbons (Fsp3) is 1.00. The summed E-state index contributed by atoms with van der Waals surface area (Å²) < 4.78 is 0. The maximum Gasteiger partial charge on any atom is 0.00901 e. The molecule has 0 rings (SSSR count). The molecule has 0 aliphatic heterocycles.